The first-order chi connectivity index (χ1) is 13.6. The Morgan fingerprint density at radius 1 is 1.07 bits per heavy atom. The van der Waals surface area contributed by atoms with E-state index in [4.69, 9.17) is 0 Å². The molecule has 0 radical (unpaired) electrons. The average molecular weight is 372 g/mol. The Kier molecular flexibility index (Phi) is 4.65. The van der Waals surface area contributed by atoms with Crippen molar-refractivity contribution < 1.29 is 14.7 Å². The number of fused-ring (bicyclic) bond motifs is 1. The second-order valence-electron chi connectivity index (χ2n) is 6.81. The number of hydrogen-bond acceptors (Lipinski definition) is 4. The standard InChI is InChI=1S/C23H20N2O3/c1-2-13-25-20(16-9-6-12-24-14-16)19(22(27)23(25)28)21(26)18-11-5-8-15-7-3-4-10-17(15)18/h3-12,14,20,26H,2,13H2,1H3/b21-19-. The minimum absolute atomic E-state index is 0.114. The SMILES string of the molecule is CCCN1C(=O)C(=O)/C(=C(\O)c2cccc3ccccc23)C1c1cccnc1. The maximum Gasteiger partial charge on any atom is 0.295 e. The molecule has 1 aliphatic heterocycles. The molecule has 2 heterocycles. The highest BCUT2D eigenvalue weighted by atomic mass is 16.3. The normalized spacial score (nSPS) is 18.8. The molecule has 1 fully saturated rings. The van der Waals surface area contributed by atoms with Crippen LogP contribution in [0.5, 0.6) is 0 Å². The molecule has 0 bridgehead atoms. The molecule has 1 aliphatic rings. The Morgan fingerprint density at radius 2 is 1.86 bits per heavy atom. The van der Waals surface area contributed by atoms with E-state index in [0.717, 1.165) is 10.8 Å². The van der Waals surface area contributed by atoms with E-state index >= 15 is 0 Å². The van der Waals surface area contributed by atoms with Crippen molar-refractivity contribution in [2.45, 2.75) is 19.4 Å². The first-order valence-electron chi connectivity index (χ1n) is 9.30. The summed E-state index contributed by atoms with van der Waals surface area (Å²) in [5.74, 6) is -1.40. The van der Waals surface area contributed by atoms with Crippen LogP contribution < -0.4 is 0 Å². The Bertz CT molecular complexity index is 1080. The number of aliphatic hydroxyl groups excluding tert-OH is 1. The average Bonchev–Trinajstić information content (AvgIpc) is 2.99. The van der Waals surface area contributed by atoms with Gasteiger partial charge in [-0.1, -0.05) is 55.5 Å². The van der Waals surface area contributed by atoms with Gasteiger partial charge in [0.05, 0.1) is 11.6 Å². The van der Waals surface area contributed by atoms with Crippen molar-refractivity contribution in [3.63, 3.8) is 0 Å². The molecule has 3 aromatic rings. The third-order valence-corrected chi connectivity index (χ3v) is 5.05. The number of carbonyl (C=O) groups excluding carboxylic acids is 2. The van der Waals surface area contributed by atoms with Crippen molar-refractivity contribution in [2.75, 3.05) is 6.54 Å². The summed E-state index contributed by atoms with van der Waals surface area (Å²) in [5.41, 5.74) is 1.36. The number of Topliss-reactive ketones (excluding diaryl/α,β-unsaturated/α-hetero) is 1. The Morgan fingerprint density at radius 3 is 2.61 bits per heavy atom. The number of aromatic nitrogens is 1. The smallest absolute Gasteiger partial charge is 0.295 e. The molecule has 2 aromatic carbocycles. The summed E-state index contributed by atoms with van der Waals surface area (Å²) >= 11 is 0. The fourth-order valence-electron chi connectivity index (χ4n) is 3.81. The summed E-state index contributed by atoms with van der Waals surface area (Å²) in [5, 5.41) is 13.0. The van der Waals surface area contributed by atoms with Crippen molar-refractivity contribution in [1.29, 1.82) is 0 Å². The van der Waals surface area contributed by atoms with Gasteiger partial charge in [-0.15, -0.1) is 0 Å². The van der Waals surface area contributed by atoms with E-state index in [0.29, 0.717) is 24.1 Å². The number of ketones is 1. The minimum Gasteiger partial charge on any atom is -0.507 e. The molecule has 5 nitrogen and oxygen atoms in total. The molecule has 28 heavy (non-hydrogen) atoms. The Labute approximate surface area is 162 Å². The van der Waals surface area contributed by atoms with E-state index < -0.39 is 17.7 Å². The molecule has 4 rings (SSSR count). The first-order valence-corrected chi connectivity index (χ1v) is 9.30. The molecule has 1 amide bonds. The summed E-state index contributed by atoms with van der Waals surface area (Å²) < 4.78 is 0. The van der Waals surface area contributed by atoms with Crippen molar-refractivity contribution in [3.8, 4) is 0 Å². The molecule has 0 aliphatic carbocycles. The molecule has 1 aromatic heterocycles. The van der Waals surface area contributed by atoms with Crippen LogP contribution in [-0.4, -0.2) is 33.2 Å². The van der Waals surface area contributed by atoms with Gasteiger partial charge in [-0.25, -0.2) is 0 Å². The van der Waals surface area contributed by atoms with Gasteiger partial charge in [0.25, 0.3) is 11.7 Å². The lowest BCUT2D eigenvalue weighted by atomic mass is 9.94. The van der Waals surface area contributed by atoms with Crippen LogP contribution in [0.15, 0.2) is 72.6 Å². The van der Waals surface area contributed by atoms with Crippen LogP contribution in [0.3, 0.4) is 0 Å². The third kappa shape index (κ3) is 2.85. The van der Waals surface area contributed by atoms with E-state index in [2.05, 4.69) is 4.98 Å². The topological polar surface area (TPSA) is 70.5 Å². The molecular weight excluding hydrogens is 352 g/mol. The second kappa shape index (κ2) is 7.27. The third-order valence-electron chi connectivity index (χ3n) is 5.05. The molecule has 0 spiro atoms. The monoisotopic (exact) mass is 372 g/mol. The lowest BCUT2D eigenvalue weighted by Crippen LogP contribution is -2.30. The lowest BCUT2D eigenvalue weighted by molar-refractivity contribution is -0.139. The molecule has 1 atom stereocenters. The van der Waals surface area contributed by atoms with Crippen LogP contribution in [0.4, 0.5) is 0 Å². The van der Waals surface area contributed by atoms with Crippen molar-refractivity contribution in [3.05, 3.63) is 83.7 Å². The van der Waals surface area contributed by atoms with E-state index in [1.807, 2.05) is 49.4 Å². The summed E-state index contributed by atoms with van der Waals surface area (Å²) in [6.07, 6.45) is 3.98. The number of pyridine rings is 1. The summed E-state index contributed by atoms with van der Waals surface area (Å²) in [7, 11) is 0. The zero-order valence-electron chi connectivity index (χ0n) is 15.5. The summed E-state index contributed by atoms with van der Waals surface area (Å²) in [4.78, 5) is 31.3. The van der Waals surface area contributed by atoms with Gasteiger partial charge in [-0.3, -0.25) is 14.6 Å². The van der Waals surface area contributed by atoms with Gasteiger partial charge >= 0.3 is 0 Å². The number of carbonyl (C=O) groups is 2. The molecule has 5 heteroatoms. The molecule has 1 unspecified atom stereocenters. The summed E-state index contributed by atoms with van der Waals surface area (Å²) in [6.45, 7) is 2.38. The zero-order chi connectivity index (χ0) is 19.7. The highest BCUT2D eigenvalue weighted by molar-refractivity contribution is 6.46. The molecule has 1 saturated heterocycles. The van der Waals surface area contributed by atoms with Crippen LogP contribution in [0.2, 0.25) is 0 Å². The number of amides is 1. The quantitative estimate of drug-likeness (QED) is 0.426. The van der Waals surface area contributed by atoms with E-state index in [1.54, 1.807) is 24.5 Å². The molecule has 0 saturated carbocycles. The van der Waals surface area contributed by atoms with E-state index in [-0.39, 0.29) is 11.3 Å². The highest BCUT2D eigenvalue weighted by Gasteiger charge is 2.45. The van der Waals surface area contributed by atoms with Crippen molar-refractivity contribution in [2.24, 2.45) is 0 Å². The van der Waals surface area contributed by atoms with Crippen LogP contribution in [0.25, 0.3) is 16.5 Å². The fourth-order valence-corrected chi connectivity index (χ4v) is 3.81. The molecule has 1 N–H and O–H groups in total. The fraction of sp³-hybridized carbons (Fsp3) is 0.174. The number of likely N-dealkylation sites (tertiary alicyclic amines) is 1. The maximum atomic E-state index is 12.9. The molecule has 140 valence electrons. The number of benzene rings is 2. The van der Waals surface area contributed by atoms with Crippen LogP contribution in [-0.2, 0) is 9.59 Å². The van der Waals surface area contributed by atoms with Gasteiger partial charge in [0.15, 0.2) is 0 Å². The predicted octanol–water partition coefficient (Wildman–Crippen LogP) is 4.07. The number of hydrogen-bond donors (Lipinski definition) is 1. The van der Waals surface area contributed by atoms with Gasteiger partial charge in [0, 0.05) is 24.5 Å². The predicted molar refractivity (Wildman–Crippen MR) is 107 cm³/mol. The van der Waals surface area contributed by atoms with Crippen LogP contribution in [0.1, 0.15) is 30.5 Å². The van der Waals surface area contributed by atoms with E-state index in [1.165, 1.54) is 4.90 Å². The van der Waals surface area contributed by atoms with Gasteiger partial charge in [0.1, 0.15) is 5.76 Å². The number of aliphatic hydroxyl groups is 1. The van der Waals surface area contributed by atoms with Crippen molar-refractivity contribution >= 4 is 28.2 Å². The highest BCUT2D eigenvalue weighted by Crippen LogP contribution is 2.40. The second-order valence-corrected chi connectivity index (χ2v) is 6.81. The number of nitrogens with zero attached hydrogens (tertiary/aromatic N) is 2. The summed E-state index contributed by atoms with van der Waals surface area (Å²) in [6, 6.07) is 16.1. The van der Waals surface area contributed by atoms with Gasteiger partial charge in [-0.2, -0.15) is 0 Å². The maximum absolute atomic E-state index is 12.9. The number of rotatable bonds is 4. The van der Waals surface area contributed by atoms with E-state index in [9.17, 15) is 14.7 Å². The van der Waals surface area contributed by atoms with Crippen molar-refractivity contribution in [1.82, 2.24) is 9.88 Å². The van der Waals surface area contributed by atoms with Crippen LogP contribution in [0, 0.1) is 0 Å². The Hall–Kier alpha value is -3.47. The van der Waals surface area contributed by atoms with Gasteiger partial charge in [-0.05, 0) is 28.8 Å². The molecular formula is C23H20N2O3. The van der Waals surface area contributed by atoms with Gasteiger partial charge < -0.3 is 10.0 Å². The van der Waals surface area contributed by atoms with Crippen LogP contribution >= 0.6 is 0 Å². The van der Waals surface area contributed by atoms with Gasteiger partial charge in [0.2, 0.25) is 0 Å². The lowest BCUT2D eigenvalue weighted by Gasteiger charge is -2.24. The Balaban J connectivity index is 1.96. The largest absolute Gasteiger partial charge is 0.507 e. The minimum atomic E-state index is -0.660. The zero-order valence-corrected chi connectivity index (χ0v) is 15.5. The first kappa shape index (κ1) is 17.9.